The highest BCUT2D eigenvalue weighted by atomic mass is 16.5. The van der Waals surface area contributed by atoms with E-state index in [0.29, 0.717) is 12.4 Å². The van der Waals surface area contributed by atoms with Gasteiger partial charge in [0.15, 0.2) is 5.70 Å². The van der Waals surface area contributed by atoms with E-state index in [4.69, 9.17) is 15.2 Å². The number of nitrogens with two attached hydrogens (primary N) is 1. The minimum absolute atomic E-state index is 0.148. The Balaban J connectivity index is 1.73. The highest BCUT2D eigenvalue weighted by molar-refractivity contribution is 6.00. The highest BCUT2D eigenvalue weighted by Gasteiger charge is 2.52. The second-order valence-electron chi connectivity index (χ2n) is 5.08. The average Bonchev–Trinajstić information content (AvgIpc) is 2.52. The Morgan fingerprint density at radius 2 is 2.14 bits per heavy atom. The van der Waals surface area contributed by atoms with Crippen LogP contribution in [0.2, 0.25) is 0 Å². The molecule has 1 saturated heterocycles. The largest absolute Gasteiger partial charge is 0.494 e. The van der Waals surface area contributed by atoms with Crippen LogP contribution in [-0.2, 0) is 25.7 Å². The monoisotopic (exact) mass is 288 g/mol. The highest BCUT2D eigenvalue weighted by Crippen LogP contribution is 2.31. The summed E-state index contributed by atoms with van der Waals surface area (Å²) >= 11 is 0. The quantitative estimate of drug-likeness (QED) is 0.648. The molecule has 2 N–H and O–H groups in total. The second-order valence-corrected chi connectivity index (χ2v) is 5.08. The molecule has 0 aliphatic carbocycles. The summed E-state index contributed by atoms with van der Waals surface area (Å²) in [5.41, 5.74) is 6.74. The molecule has 6 nitrogen and oxygen atoms in total. The molecular formula is C15H16N2O4. The maximum Gasteiger partial charge on any atom is 0.358 e. The van der Waals surface area contributed by atoms with Gasteiger partial charge in [0.2, 0.25) is 5.91 Å². The molecular weight excluding hydrogens is 272 g/mol. The van der Waals surface area contributed by atoms with Crippen LogP contribution in [0.25, 0.3) is 0 Å². The fraction of sp³-hybridized carbons (Fsp3) is 0.333. The molecule has 0 unspecified atom stereocenters. The van der Waals surface area contributed by atoms with Crippen molar-refractivity contribution in [3.63, 3.8) is 0 Å². The van der Waals surface area contributed by atoms with Crippen molar-refractivity contribution in [1.82, 2.24) is 4.90 Å². The molecule has 0 bridgehead atoms. The lowest BCUT2D eigenvalue weighted by Gasteiger charge is -2.48. The van der Waals surface area contributed by atoms with Crippen LogP contribution >= 0.6 is 0 Å². The topological polar surface area (TPSA) is 81.9 Å². The van der Waals surface area contributed by atoms with Gasteiger partial charge in [0.1, 0.15) is 25.0 Å². The van der Waals surface area contributed by atoms with Crippen LogP contribution in [0.3, 0.4) is 0 Å². The third-order valence-electron chi connectivity index (χ3n) is 3.72. The molecule has 2 aliphatic rings. The maximum absolute atomic E-state index is 12.2. The lowest BCUT2D eigenvalue weighted by Crippen LogP contribution is -2.71. The van der Waals surface area contributed by atoms with E-state index in [0.717, 1.165) is 5.56 Å². The molecule has 6 heteroatoms. The Bertz CT molecular complexity index is 611. The Labute approximate surface area is 122 Å². The minimum Gasteiger partial charge on any atom is -0.494 e. The molecule has 0 aromatic heterocycles. The molecule has 2 atom stereocenters. The van der Waals surface area contributed by atoms with E-state index in [2.05, 4.69) is 0 Å². The van der Waals surface area contributed by atoms with Gasteiger partial charge < -0.3 is 15.2 Å². The van der Waals surface area contributed by atoms with Gasteiger partial charge in [-0.25, -0.2) is 4.79 Å². The molecule has 1 aromatic carbocycles. The van der Waals surface area contributed by atoms with Crippen LogP contribution in [0.1, 0.15) is 12.5 Å². The molecule has 0 saturated carbocycles. The van der Waals surface area contributed by atoms with Gasteiger partial charge in [0.25, 0.3) is 0 Å². The predicted molar refractivity (Wildman–Crippen MR) is 73.5 cm³/mol. The van der Waals surface area contributed by atoms with Crippen LogP contribution in [0, 0.1) is 0 Å². The number of carbonyl (C=O) groups excluding carboxylic acids is 2. The van der Waals surface area contributed by atoms with Crippen LogP contribution in [-0.4, -0.2) is 35.5 Å². The summed E-state index contributed by atoms with van der Waals surface area (Å²) < 4.78 is 10.7. The zero-order chi connectivity index (χ0) is 15.0. The Morgan fingerprint density at radius 3 is 2.86 bits per heavy atom. The zero-order valence-corrected chi connectivity index (χ0v) is 11.6. The Kier molecular flexibility index (Phi) is 3.39. The molecule has 110 valence electrons. The standard InChI is InChI=1S/C15H16N2O4/c1-9-13(17-11(8-20-9)12(16)14(17)18)15(19)21-7-10-5-3-2-4-6-10/h2-6,11-12H,7-8,16H2,1H3/t11-,12-/m1/s1. The maximum atomic E-state index is 12.2. The summed E-state index contributed by atoms with van der Waals surface area (Å²) in [5, 5.41) is 0. The number of hydrogen-bond donors (Lipinski definition) is 1. The molecule has 1 amide bonds. The number of ether oxygens (including phenoxy) is 2. The van der Waals surface area contributed by atoms with E-state index in [1.165, 1.54) is 4.90 Å². The van der Waals surface area contributed by atoms with Gasteiger partial charge in [-0.2, -0.15) is 0 Å². The number of fused-ring (bicyclic) bond motifs is 1. The first-order valence-corrected chi connectivity index (χ1v) is 6.73. The SMILES string of the molecule is CC1=C(C(=O)OCc2ccccc2)N2C(=O)[C@H](N)[C@H]2CO1. The van der Waals surface area contributed by atoms with Gasteiger partial charge in [-0.05, 0) is 12.5 Å². The van der Waals surface area contributed by atoms with E-state index in [-0.39, 0.29) is 24.3 Å². The number of hydrogen-bond acceptors (Lipinski definition) is 5. The first-order valence-electron chi connectivity index (χ1n) is 6.73. The van der Waals surface area contributed by atoms with Crippen molar-refractivity contribution in [2.24, 2.45) is 5.73 Å². The number of esters is 1. The van der Waals surface area contributed by atoms with Gasteiger partial charge in [0.05, 0.1) is 6.04 Å². The second kappa shape index (κ2) is 5.21. The summed E-state index contributed by atoms with van der Waals surface area (Å²) in [6, 6.07) is 8.46. The van der Waals surface area contributed by atoms with Crippen molar-refractivity contribution >= 4 is 11.9 Å². The fourth-order valence-electron chi connectivity index (χ4n) is 2.50. The van der Waals surface area contributed by atoms with Crippen LogP contribution in [0.15, 0.2) is 41.8 Å². The molecule has 2 heterocycles. The normalized spacial score (nSPS) is 24.1. The smallest absolute Gasteiger partial charge is 0.358 e. The van der Waals surface area contributed by atoms with Gasteiger partial charge in [-0.3, -0.25) is 9.69 Å². The summed E-state index contributed by atoms with van der Waals surface area (Å²) in [6.45, 7) is 2.11. The molecule has 21 heavy (non-hydrogen) atoms. The predicted octanol–water partition coefficient (Wildman–Crippen LogP) is 0.530. The Hall–Kier alpha value is -2.34. The minimum atomic E-state index is -0.602. The fourth-order valence-corrected chi connectivity index (χ4v) is 2.50. The lowest BCUT2D eigenvalue weighted by atomic mass is 9.94. The first kappa shape index (κ1) is 13.6. The molecule has 1 aromatic rings. The van der Waals surface area contributed by atoms with Crippen molar-refractivity contribution in [3.05, 3.63) is 47.4 Å². The molecule has 0 spiro atoms. The first-order chi connectivity index (χ1) is 10.1. The van der Waals surface area contributed by atoms with Crippen molar-refractivity contribution in [2.75, 3.05) is 6.61 Å². The van der Waals surface area contributed by atoms with E-state index in [9.17, 15) is 9.59 Å². The van der Waals surface area contributed by atoms with E-state index >= 15 is 0 Å². The van der Waals surface area contributed by atoms with Gasteiger partial charge in [-0.15, -0.1) is 0 Å². The van der Waals surface area contributed by atoms with Crippen LogP contribution in [0.4, 0.5) is 0 Å². The summed E-state index contributed by atoms with van der Waals surface area (Å²) in [5.74, 6) is -0.444. The molecule has 2 aliphatic heterocycles. The number of carbonyl (C=O) groups is 2. The number of rotatable bonds is 3. The zero-order valence-electron chi connectivity index (χ0n) is 11.6. The van der Waals surface area contributed by atoms with Crippen LogP contribution < -0.4 is 5.73 Å². The van der Waals surface area contributed by atoms with Crippen molar-refractivity contribution in [3.8, 4) is 0 Å². The average molecular weight is 288 g/mol. The van der Waals surface area contributed by atoms with Gasteiger partial charge >= 0.3 is 5.97 Å². The molecule has 0 radical (unpaired) electrons. The number of amides is 1. The third-order valence-corrected chi connectivity index (χ3v) is 3.72. The van der Waals surface area contributed by atoms with Crippen LogP contribution in [0.5, 0.6) is 0 Å². The molecule has 3 rings (SSSR count). The number of allylic oxidation sites excluding steroid dienone is 1. The number of nitrogens with zero attached hydrogens (tertiary/aromatic N) is 1. The van der Waals surface area contributed by atoms with Crippen molar-refractivity contribution < 1.29 is 19.1 Å². The van der Waals surface area contributed by atoms with Crippen molar-refractivity contribution in [2.45, 2.75) is 25.6 Å². The number of benzene rings is 1. The molecule has 1 fully saturated rings. The summed E-state index contributed by atoms with van der Waals surface area (Å²) in [4.78, 5) is 25.4. The Morgan fingerprint density at radius 1 is 1.43 bits per heavy atom. The summed E-state index contributed by atoms with van der Waals surface area (Å²) in [7, 11) is 0. The summed E-state index contributed by atoms with van der Waals surface area (Å²) in [6.07, 6.45) is 0. The van der Waals surface area contributed by atoms with Gasteiger partial charge in [-0.1, -0.05) is 30.3 Å². The lowest BCUT2D eigenvalue weighted by molar-refractivity contribution is -0.159. The number of β-lactam (4-membered cyclic amide) rings is 1. The van der Waals surface area contributed by atoms with Crippen molar-refractivity contribution in [1.29, 1.82) is 0 Å². The van der Waals surface area contributed by atoms with Gasteiger partial charge in [0, 0.05) is 0 Å². The van der Waals surface area contributed by atoms with E-state index in [1.54, 1.807) is 6.92 Å². The van der Waals surface area contributed by atoms with E-state index in [1.807, 2.05) is 30.3 Å². The van der Waals surface area contributed by atoms with E-state index < -0.39 is 12.0 Å². The third kappa shape index (κ3) is 2.27.